The summed E-state index contributed by atoms with van der Waals surface area (Å²) in [7, 11) is 0. The molecule has 1 aliphatic heterocycles. The third kappa shape index (κ3) is 2.91. The molecule has 2 saturated carbocycles. The van der Waals surface area contributed by atoms with Gasteiger partial charge in [0.1, 0.15) is 0 Å². The first-order valence-electron chi connectivity index (χ1n) is 8.19. The molecular formula is C16H29NO. The van der Waals surface area contributed by atoms with E-state index in [0.717, 1.165) is 31.0 Å². The first-order chi connectivity index (χ1) is 8.81. The molecule has 2 heteroatoms. The van der Waals surface area contributed by atoms with Gasteiger partial charge in [0, 0.05) is 12.6 Å². The smallest absolute Gasteiger partial charge is 0.0685 e. The van der Waals surface area contributed by atoms with E-state index in [2.05, 4.69) is 12.2 Å². The van der Waals surface area contributed by atoms with Gasteiger partial charge in [-0.3, -0.25) is 0 Å². The zero-order valence-electron chi connectivity index (χ0n) is 11.9. The van der Waals surface area contributed by atoms with E-state index in [1.165, 1.54) is 57.8 Å². The second-order valence-corrected chi connectivity index (χ2v) is 6.82. The highest BCUT2D eigenvalue weighted by atomic mass is 16.5. The summed E-state index contributed by atoms with van der Waals surface area (Å²) in [6.07, 6.45) is 12.5. The third-order valence-electron chi connectivity index (χ3n) is 5.40. The SMILES string of the molecule is CCNC(CCC1CCOC2(CCC2)C1)C1CC1. The molecule has 2 aliphatic carbocycles. The van der Waals surface area contributed by atoms with Crippen LogP contribution >= 0.6 is 0 Å². The molecule has 2 unspecified atom stereocenters. The van der Waals surface area contributed by atoms with Crippen molar-refractivity contribution in [2.45, 2.75) is 76.4 Å². The Bertz CT molecular complexity index is 270. The van der Waals surface area contributed by atoms with Crippen LogP contribution in [0.3, 0.4) is 0 Å². The fourth-order valence-corrected chi connectivity index (χ4v) is 3.98. The largest absolute Gasteiger partial charge is 0.375 e. The fourth-order valence-electron chi connectivity index (χ4n) is 3.98. The molecule has 18 heavy (non-hydrogen) atoms. The topological polar surface area (TPSA) is 21.3 Å². The van der Waals surface area contributed by atoms with Crippen LogP contribution in [0.25, 0.3) is 0 Å². The lowest BCUT2D eigenvalue weighted by molar-refractivity contribution is -0.144. The zero-order valence-corrected chi connectivity index (χ0v) is 11.9. The highest BCUT2D eigenvalue weighted by Crippen LogP contribution is 2.45. The van der Waals surface area contributed by atoms with Crippen LogP contribution in [0.5, 0.6) is 0 Å². The van der Waals surface area contributed by atoms with Gasteiger partial charge < -0.3 is 10.1 Å². The minimum atomic E-state index is 0.343. The molecule has 0 amide bonds. The average molecular weight is 251 g/mol. The van der Waals surface area contributed by atoms with Gasteiger partial charge in [0.2, 0.25) is 0 Å². The molecular weight excluding hydrogens is 222 g/mol. The summed E-state index contributed by atoms with van der Waals surface area (Å²) in [4.78, 5) is 0. The van der Waals surface area contributed by atoms with Crippen molar-refractivity contribution in [3.05, 3.63) is 0 Å². The zero-order chi connectivity index (χ0) is 12.4. The van der Waals surface area contributed by atoms with E-state index >= 15 is 0 Å². The molecule has 2 nitrogen and oxygen atoms in total. The lowest BCUT2D eigenvalue weighted by atomic mass is 9.71. The number of ether oxygens (including phenoxy) is 1. The van der Waals surface area contributed by atoms with E-state index in [4.69, 9.17) is 4.74 Å². The van der Waals surface area contributed by atoms with Crippen molar-refractivity contribution in [2.75, 3.05) is 13.2 Å². The number of nitrogens with one attached hydrogen (secondary N) is 1. The molecule has 2 atom stereocenters. The van der Waals surface area contributed by atoms with Crippen molar-refractivity contribution in [3.63, 3.8) is 0 Å². The van der Waals surface area contributed by atoms with Gasteiger partial charge in [-0.1, -0.05) is 6.92 Å². The maximum Gasteiger partial charge on any atom is 0.0685 e. The van der Waals surface area contributed by atoms with Crippen LogP contribution < -0.4 is 5.32 Å². The highest BCUT2D eigenvalue weighted by molar-refractivity contribution is 4.94. The summed E-state index contributed by atoms with van der Waals surface area (Å²) in [5.74, 6) is 1.95. The van der Waals surface area contributed by atoms with Gasteiger partial charge in [-0.15, -0.1) is 0 Å². The van der Waals surface area contributed by atoms with Crippen LogP contribution in [0.1, 0.15) is 64.7 Å². The van der Waals surface area contributed by atoms with Gasteiger partial charge in [0.25, 0.3) is 0 Å². The molecule has 3 rings (SSSR count). The second-order valence-electron chi connectivity index (χ2n) is 6.82. The summed E-state index contributed by atoms with van der Waals surface area (Å²) < 4.78 is 6.03. The molecule has 3 fully saturated rings. The Hall–Kier alpha value is -0.0800. The Balaban J connectivity index is 1.44. The molecule has 1 saturated heterocycles. The Morgan fingerprint density at radius 1 is 1.28 bits per heavy atom. The molecule has 0 aromatic carbocycles. The van der Waals surface area contributed by atoms with Crippen molar-refractivity contribution in [1.29, 1.82) is 0 Å². The van der Waals surface area contributed by atoms with Gasteiger partial charge in [0.15, 0.2) is 0 Å². The minimum absolute atomic E-state index is 0.343. The molecule has 1 N–H and O–H groups in total. The van der Waals surface area contributed by atoms with E-state index in [9.17, 15) is 0 Å². The normalized spacial score (nSPS) is 32.2. The maximum absolute atomic E-state index is 6.03. The summed E-state index contributed by atoms with van der Waals surface area (Å²) >= 11 is 0. The number of rotatable bonds is 6. The second kappa shape index (κ2) is 5.50. The van der Waals surface area contributed by atoms with Crippen LogP contribution in [-0.4, -0.2) is 24.8 Å². The van der Waals surface area contributed by atoms with E-state index in [-0.39, 0.29) is 0 Å². The van der Waals surface area contributed by atoms with Gasteiger partial charge >= 0.3 is 0 Å². The van der Waals surface area contributed by atoms with E-state index in [1.54, 1.807) is 0 Å². The number of hydrogen-bond acceptors (Lipinski definition) is 2. The Morgan fingerprint density at radius 2 is 2.11 bits per heavy atom. The number of hydrogen-bond donors (Lipinski definition) is 1. The molecule has 0 bridgehead atoms. The molecule has 0 aromatic rings. The standard InChI is InChI=1S/C16H29NO/c1-2-17-15(14-5-6-14)7-4-13-8-11-18-16(12-13)9-3-10-16/h13-15,17H,2-12H2,1H3. The van der Waals surface area contributed by atoms with E-state index in [0.29, 0.717) is 5.60 Å². The van der Waals surface area contributed by atoms with E-state index in [1.807, 2.05) is 0 Å². The van der Waals surface area contributed by atoms with Gasteiger partial charge in [-0.25, -0.2) is 0 Å². The predicted molar refractivity (Wildman–Crippen MR) is 74.7 cm³/mol. The van der Waals surface area contributed by atoms with Crippen LogP contribution in [-0.2, 0) is 4.74 Å². The predicted octanol–water partition coefficient (Wildman–Crippen LogP) is 3.50. The van der Waals surface area contributed by atoms with Crippen LogP contribution in [0.4, 0.5) is 0 Å². The Labute approximate surface area is 112 Å². The van der Waals surface area contributed by atoms with Crippen LogP contribution in [0.2, 0.25) is 0 Å². The monoisotopic (exact) mass is 251 g/mol. The molecule has 3 aliphatic rings. The molecule has 104 valence electrons. The summed E-state index contributed by atoms with van der Waals surface area (Å²) in [5.41, 5.74) is 0.343. The van der Waals surface area contributed by atoms with Crippen molar-refractivity contribution in [3.8, 4) is 0 Å². The Morgan fingerprint density at radius 3 is 2.72 bits per heavy atom. The van der Waals surface area contributed by atoms with Gasteiger partial charge in [0.05, 0.1) is 5.60 Å². The molecule has 1 heterocycles. The minimum Gasteiger partial charge on any atom is -0.375 e. The summed E-state index contributed by atoms with van der Waals surface area (Å²) in [6.45, 7) is 4.41. The van der Waals surface area contributed by atoms with Crippen molar-refractivity contribution in [2.24, 2.45) is 11.8 Å². The van der Waals surface area contributed by atoms with Gasteiger partial charge in [-0.05, 0) is 76.2 Å². The molecule has 1 spiro atoms. The van der Waals surface area contributed by atoms with Crippen LogP contribution in [0.15, 0.2) is 0 Å². The van der Waals surface area contributed by atoms with Crippen molar-refractivity contribution in [1.82, 2.24) is 5.32 Å². The third-order valence-corrected chi connectivity index (χ3v) is 5.40. The summed E-state index contributed by atoms with van der Waals surface area (Å²) in [6, 6.07) is 0.815. The molecule has 0 aromatic heterocycles. The lowest BCUT2D eigenvalue weighted by Crippen LogP contribution is -2.45. The fraction of sp³-hybridized carbons (Fsp3) is 1.00. The first kappa shape index (κ1) is 12.9. The van der Waals surface area contributed by atoms with Gasteiger partial charge in [-0.2, -0.15) is 0 Å². The molecule has 0 radical (unpaired) electrons. The maximum atomic E-state index is 6.03. The lowest BCUT2D eigenvalue weighted by Gasteiger charge is -2.47. The quantitative estimate of drug-likeness (QED) is 0.780. The Kier molecular flexibility index (Phi) is 3.95. The van der Waals surface area contributed by atoms with Crippen molar-refractivity contribution >= 4 is 0 Å². The van der Waals surface area contributed by atoms with Crippen molar-refractivity contribution < 1.29 is 4.74 Å². The first-order valence-corrected chi connectivity index (χ1v) is 8.19. The summed E-state index contributed by atoms with van der Waals surface area (Å²) in [5, 5.41) is 3.70. The van der Waals surface area contributed by atoms with E-state index < -0.39 is 0 Å². The van der Waals surface area contributed by atoms with Crippen LogP contribution in [0, 0.1) is 11.8 Å². The average Bonchev–Trinajstić information content (AvgIpc) is 3.17. The highest BCUT2D eigenvalue weighted by Gasteiger charge is 2.42.